The number of amides is 1. The molecule has 3 nitrogen and oxygen atoms in total. The standard InChI is InChI=1S/C21H24ClNO2/c1-15(2)14-20(17-7-11-19(25-3)12-8-17)23-21(24)13-6-16-4-9-18(22)10-5-16/h4-13,15,20H,14H2,1-3H3,(H,23,24)/b13-6+. The summed E-state index contributed by atoms with van der Waals surface area (Å²) in [6.45, 7) is 4.29. The second kappa shape index (κ2) is 9.28. The Bertz CT molecular complexity index is 706. The molecule has 0 saturated carbocycles. The van der Waals surface area contributed by atoms with Crippen molar-refractivity contribution in [3.05, 3.63) is 70.8 Å². The van der Waals surface area contributed by atoms with Gasteiger partial charge in [-0.25, -0.2) is 0 Å². The average Bonchev–Trinajstić information content (AvgIpc) is 2.60. The fourth-order valence-corrected chi connectivity index (χ4v) is 2.68. The Balaban J connectivity index is 2.07. The molecule has 1 amide bonds. The van der Waals surface area contributed by atoms with E-state index in [0.717, 1.165) is 23.3 Å². The monoisotopic (exact) mass is 357 g/mol. The summed E-state index contributed by atoms with van der Waals surface area (Å²) in [6, 6.07) is 15.1. The van der Waals surface area contributed by atoms with Gasteiger partial charge in [0.25, 0.3) is 0 Å². The summed E-state index contributed by atoms with van der Waals surface area (Å²) in [5, 5.41) is 3.77. The van der Waals surface area contributed by atoms with Crippen LogP contribution in [-0.4, -0.2) is 13.0 Å². The molecular formula is C21H24ClNO2. The Labute approximate surface area is 154 Å². The first-order valence-corrected chi connectivity index (χ1v) is 8.74. The molecule has 0 radical (unpaired) electrons. The van der Waals surface area contributed by atoms with Gasteiger partial charge in [-0.2, -0.15) is 0 Å². The minimum absolute atomic E-state index is 0.0340. The molecule has 2 aromatic carbocycles. The molecule has 0 aromatic heterocycles. The first-order chi connectivity index (χ1) is 12.0. The van der Waals surface area contributed by atoms with E-state index >= 15 is 0 Å². The molecule has 25 heavy (non-hydrogen) atoms. The lowest BCUT2D eigenvalue weighted by Gasteiger charge is -2.20. The van der Waals surface area contributed by atoms with E-state index in [9.17, 15) is 4.79 Å². The van der Waals surface area contributed by atoms with Gasteiger partial charge in [0.05, 0.1) is 13.2 Å². The van der Waals surface area contributed by atoms with Gasteiger partial charge in [0.2, 0.25) is 5.91 Å². The van der Waals surface area contributed by atoms with Crippen molar-refractivity contribution < 1.29 is 9.53 Å². The van der Waals surface area contributed by atoms with E-state index < -0.39 is 0 Å². The molecule has 0 fully saturated rings. The van der Waals surface area contributed by atoms with E-state index in [4.69, 9.17) is 16.3 Å². The maximum atomic E-state index is 12.3. The van der Waals surface area contributed by atoms with Crippen molar-refractivity contribution in [2.24, 2.45) is 5.92 Å². The van der Waals surface area contributed by atoms with Gasteiger partial charge in [0.1, 0.15) is 5.75 Å². The third kappa shape index (κ3) is 6.28. The van der Waals surface area contributed by atoms with E-state index in [1.54, 1.807) is 31.4 Å². The Morgan fingerprint density at radius 2 is 1.76 bits per heavy atom. The number of nitrogens with one attached hydrogen (secondary N) is 1. The Morgan fingerprint density at radius 3 is 2.32 bits per heavy atom. The molecule has 2 rings (SSSR count). The highest BCUT2D eigenvalue weighted by Gasteiger charge is 2.15. The zero-order valence-corrected chi connectivity index (χ0v) is 15.6. The highest BCUT2D eigenvalue weighted by Crippen LogP contribution is 2.23. The molecule has 1 atom stereocenters. The lowest BCUT2D eigenvalue weighted by molar-refractivity contribution is -0.117. The second-order valence-corrected chi connectivity index (χ2v) is 6.79. The van der Waals surface area contributed by atoms with Gasteiger partial charge in [0.15, 0.2) is 0 Å². The van der Waals surface area contributed by atoms with E-state index in [0.29, 0.717) is 10.9 Å². The predicted molar refractivity (Wildman–Crippen MR) is 104 cm³/mol. The van der Waals surface area contributed by atoms with Gasteiger partial charge in [-0.05, 0) is 53.8 Å². The molecule has 0 aliphatic heterocycles. The number of carbonyl (C=O) groups excluding carboxylic acids is 1. The van der Waals surface area contributed by atoms with Crippen molar-refractivity contribution in [3.8, 4) is 5.75 Å². The third-order valence-electron chi connectivity index (χ3n) is 3.84. The van der Waals surface area contributed by atoms with Crippen LogP contribution in [0.2, 0.25) is 5.02 Å². The van der Waals surface area contributed by atoms with Crippen LogP contribution in [0.1, 0.15) is 37.4 Å². The van der Waals surface area contributed by atoms with Crippen LogP contribution < -0.4 is 10.1 Å². The largest absolute Gasteiger partial charge is 0.497 e. The lowest BCUT2D eigenvalue weighted by atomic mass is 9.97. The maximum absolute atomic E-state index is 12.3. The molecule has 0 heterocycles. The van der Waals surface area contributed by atoms with E-state index in [2.05, 4.69) is 19.2 Å². The summed E-state index contributed by atoms with van der Waals surface area (Å²) in [4.78, 5) is 12.3. The number of hydrogen-bond acceptors (Lipinski definition) is 2. The SMILES string of the molecule is COc1ccc(C(CC(C)C)NC(=O)/C=C/c2ccc(Cl)cc2)cc1. The number of rotatable bonds is 7. The first-order valence-electron chi connectivity index (χ1n) is 8.36. The number of hydrogen-bond donors (Lipinski definition) is 1. The quantitative estimate of drug-likeness (QED) is 0.686. The summed E-state index contributed by atoms with van der Waals surface area (Å²) in [5.41, 5.74) is 2.01. The van der Waals surface area contributed by atoms with Crippen LogP contribution in [-0.2, 0) is 4.79 Å². The number of ether oxygens (including phenoxy) is 1. The molecule has 0 aliphatic carbocycles. The van der Waals surface area contributed by atoms with E-state index in [1.807, 2.05) is 36.4 Å². The summed E-state index contributed by atoms with van der Waals surface area (Å²) in [6.07, 6.45) is 4.21. The molecule has 0 bridgehead atoms. The third-order valence-corrected chi connectivity index (χ3v) is 4.09. The number of carbonyl (C=O) groups is 1. The van der Waals surface area contributed by atoms with Crippen LogP contribution in [0.4, 0.5) is 0 Å². The summed E-state index contributed by atoms with van der Waals surface area (Å²) in [5.74, 6) is 1.16. The van der Waals surface area contributed by atoms with Crippen LogP contribution in [0.3, 0.4) is 0 Å². The second-order valence-electron chi connectivity index (χ2n) is 6.35. The van der Waals surface area contributed by atoms with E-state index in [-0.39, 0.29) is 11.9 Å². The fourth-order valence-electron chi connectivity index (χ4n) is 2.55. The molecule has 0 aliphatic rings. The highest BCUT2D eigenvalue weighted by atomic mass is 35.5. The Morgan fingerprint density at radius 1 is 1.12 bits per heavy atom. The molecule has 2 aromatic rings. The van der Waals surface area contributed by atoms with Gasteiger partial charge < -0.3 is 10.1 Å². The minimum atomic E-state index is -0.114. The topological polar surface area (TPSA) is 38.3 Å². The van der Waals surface area contributed by atoms with Gasteiger partial charge in [0, 0.05) is 11.1 Å². The van der Waals surface area contributed by atoms with Gasteiger partial charge in [-0.1, -0.05) is 49.7 Å². The van der Waals surface area contributed by atoms with Crippen LogP contribution >= 0.6 is 11.6 Å². The predicted octanol–water partition coefficient (Wildman–Crippen LogP) is 5.27. The molecule has 0 spiro atoms. The Hall–Kier alpha value is -2.26. The van der Waals surface area contributed by atoms with E-state index in [1.165, 1.54) is 0 Å². The van der Waals surface area contributed by atoms with Crippen molar-refractivity contribution in [3.63, 3.8) is 0 Å². The molecule has 1 unspecified atom stereocenters. The van der Waals surface area contributed by atoms with Crippen molar-refractivity contribution in [1.82, 2.24) is 5.32 Å². The molecule has 4 heteroatoms. The zero-order valence-electron chi connectivity index (χ0n) is 14.8. The van der Waals surface area contributed by atoms with Crippen LogP contribution in [0, 0.1) is 5.92 Å². The van der Waals surface area contributed by atoms with Crippen LogP contribution in [0.5, 0.6) is 5.75 Å². The number of halogens is 1. The summed E-state index contributed by atoms with van der Waals surface area (Å²) < 4.78 is 5.20. The lowest BCUT2D eigenvalue weighted by Crippen LogP contribution is -2.27. The van der Waals surface area contributed by atoms with Crippen molar-refractivity contribution in [2.45, 2.75) is 26.3 Å². The Kier molecular flexibility index (Phi) is 7.08. The number of benzene rings is 2. The highest BCUT2D eigenvalue weighted by molar-refractivity contribution is 6.30. The van der Waals surface area contributed by atoms with Crippen LogP contribution in [0.15, 0.2) is 54.6 Å². The van der Waals surface area contributed by atoms with Crippen molar-refractivity contribution >= 4 is 23.6 Å². The molecular weight excluding hydrogens is 334 g/mol. The normalized spacial score (nSPS) is 12.4. The van der Waals surface area contributed by atoms with Crippen molar-refractivity contribution in [1.29, 1.82) is 0 Å². The van der Waals surface area contributed by atoms with Crippen molar-refractivity contribution in [2.75, 3.05) is 7.11 Å². The van der Waals surface area contributed by atoms with Crippen LogP contribution in [0.25, 0.3) is 6.08 Å². The van der Waals surface area contributed by atoms with Gasteiger partial charge >= 0.3 is 0 Å². The average molecular weight is 358 g/mol. The summed E-state index contributed by atoms with van der Waals surface area (Å²) in [7, 11) is 1.64. The van der Waals surface area contributed by atoms with Gasteiger partial charge in [-0.15, -0.1) is 0 Å². The fraction of sp³-hybridized carbons (Fsp3) is 0.286. The molecule has 0 saturated heterocycles. The molecule has 1 N–H and O–H groups in total. The van der Waals surface area contributed by atoms with Gasteiger partial charge in [-0.3, -0.25) is 4.79 Å². The number of methoxy groups -OCH3 is 1. The zero-order chi connectivity index (χ0) is 18.2. The molecule has 132 valence electrons. The smallest absolute Gasteiger partial charge is 0.244 e. The summed E-state index contributed by atoms with van der Waals surface area (Å²) >= 11 is 5.87. The minimum Gasteiger partial charge on any atom is -0.497 e. The first kappa shape index (κ1) is 19.1. The maximum Gasteiger partial charge on any atom is 0.244 e.